The van der Waals surface area contributed by atoms with Crippen LogP contribution in [0, 0.1) is 0 Å². The number of esters is 1. The van der Waals surface area contributed by atoms with E-state index in [9.17, 15) is 27.2 Å². The zero-order valence-electron chi connectivity index (χ0n) is 15.3. The Morgan fingerprint density at radius 3 is 2.66 bits per heavy atom. The number of carbonyl (C=O) groups is 1. The number of hydrogen-bond acceptors (Lipinski definition) is 8. The quantitative estimate of drug-likeness (QED) is 0.557. The van der Waals surface area contributed by atoms with E-state index in [0.717, 1.165) is 16.1 Å². The van der Waals surface area contributed by atoms with Crippen molar-refractivity contribution in [2.75, 3.05) is 19.5 Å². The number of methoxy groups -OCH3 is 1. The molecule has 0 aromatic carbocycles. The molecule has 1 aliphatic rings. The molecule has 160 valence electrons. The van der Waals surface area contributed by atoms with E-state index < -0.39 is 55.9 Å². The van der Waals surface area contributed by atoms with Crippen molar-refractivity contribution in [3.8, 4) is 5.88 Å². The number of halogens is 4. The summed E-state index contributed by atoms with van der Waals surface area (Å²) in [6.45, 7) is -0.234. The molecule has 2 aromatic heterocycles. The molecule has 0 radical (unpaired) electrons. The maximum absolute atomic E-state index is 14.2. The summed E-state index contributed by atoms with van der Waals surface area (Å²) in [4.78, 5) is 32.0. The smallest absolute Gasteiger partial charge is 0.390 e. The van der Waals surface area contributed by atoms with Crippen molar-refractivity contribution in [2.45, 2.75) is 44.6 Å². The third-order valence-corrected chi connectivity index (χ3v) is 4.22. The first kappa shape index (κ1) is 20.8. The maximum Gasteiger partial charge on any atom is 0.390 e. The Labute approximate surface area is 160 Å². The standard InChI is InChI=1S/C15H17F4N5O5/c1-6(25)29-9-7(16)5-28-12(9)24-10-8(11(27-2)22-13(20)21-10)23(14(24)26)4-3-15(17,18)19/h7,9,12H,3-5H2,1-2H3,(H2,20,21,22). The number of nitrogens with two attached hydrogens (primary N) is 1. The van der Waals surface area contributed by atoms with Crippen LogP contribution < -0.4 is 16.2 Å². The Kier molecular flexibility index (Phi) is 5.38. The highest BCUT2D eigenvalue weighted by Crippen LogP contribution is 2.33. The molecule has 0 aliphatic carbocycles. The topological polar surface area (TPSA) is 123 Å². The number of hydrogen-bond donors (Lipinski definition) is 1. The fraction of sp³-hybridized carbons (Fsp3) is 0.600. The van der Waals surface area contributed by atoms with E-state index in [0.29, 0.717) is 0 Å². The van der Waals surface area contributed by atoms with Crippen LogP contribution in [-0.4, -0.2) is 57.2 Å². The molecule has 3 rings (SSSR count). The van der Waals surface area contributed by atoms with Gasteiger partial charge in [0, 0.05) is 13.5 Å². The molecule has 0 amide bonds. The highest BCUT2D eigenvalue weighted by molar-refractivity contribution is 5.78. The fourth-order valence-electron chi connectivity index (χ4n) is 3.08. The number of imidazole rings is 1. The molecular formula is C15H17F4N5O5. The van der Waals surface area contributed by atoms with Crippen LogP contribution in [0.25, 0.3) is 11.2 Å². The summed E-state index contributed by atoms with van der Waals surface area (Å²) in [6.07, 6.45) is -10.6. The van der Waals surface area contributed by atoms with Gasteiger partial charge in [0.1, 0.15) is 0 Å². The van der Waals surface area contributed by atoms with Crippen molar-refractivity contribution in [1.29, 1.82) is 0 Å². The van der Waals surface area contributed by atoms with E-state index in [1.807, 2.05) is 0 Å². The van der Waals surface area contributed by atoms with E-state index in [4.69, 9.17) is 19.9 Å². The summed E-state index contributed by atoms with van der Waals surface area (Å²) in [5.41, 5.74) is 4.19. The summed E-state index contributed by atoms with van der Waals surface area (Å²) in [5, 5.41) is 0. The Hall–Kier alpha value is -2.90. The van der Waals surface area contributed by atoms with Gasteiger partial charge in [-0.15, -0.1) is 0 Å². The first-order valence-corrected chi connectivity index (χ1v) is 8.35. The molecule has 29 heavy (non-hydrogen) atoms. The SMILES string of the molecule is COc1nc(N)nc2c1n(CCC(F)(F)F)c(=O)n2C1OCC(F)C1OC(C)=O. The van der Waals surface area contributed by atoms with E-state index in [1.54, 1.807) is 0 Å². The zero-order chi connectivity index (χ0) is 21.5. The highest BCUT2D eigenvalue weighted by Gasteiger charge is 2.44. The molecule has 3 atom stereocenters. The summed E-state index contributed by atoms with van der Waals surface area (Å²) < 4.78 is 69.2. The monoisotopic (exact) mass is 423 g/mol. The van der Waals surface area contributed by atoms with Crippen molar-refractivity contribution in [3.63, 3.8) is 0 Å². The number of carbonyl (C=O) groups excluding carboxylic acids is 1. The molecule has 14 heteroatoms. The molecule has 1 fully saturated rings. The molecule has 2 aromatic rings. The van der Waals surface area contributed by atoms with E-state index in [-0.39, 0.29) is 23.0 Å². The zero-order valence-corrected chi connectivity index (χ0v) is 15.3. The van der Waals surface area contributed by atoms with Crippen LogP contribution in [0.2, 0.25) is 0 Å². The Morgan fingerprint density at radius 1 is 1.38 bits per heavy atom. The minimum Gasteiger partial charge on any atom is -0.479 e. The molecular weight excluding hydrogens is 406 g/mol. The van der Waals surface area contributed by atoms with Crippen molar-refractivity contribution < 1.29 is 36.6 Å². The number of alkyl halides is 4. The summed E-state index contributed by atoms with van der Waals surface area (Å²) >= 11 is 0. The van der Waals surface area contributed by atoms with Crippen LogP contribution in [0.3, 0.4) is 0 Å². The molecule has 0 saturated carbocycles. The highest BCUT2D eigenvalue weighted by atomic mass is 19.4. The van der Waals surface area contributed by atoms with Crippen molar-refractivity contribution in [1.82, 2.24) is 19.1 Å². The van der Waals surface area contributed by atoms with Gasteiger partial charge < -0.3 is 19.9 Å². The molecule has 0 bridgehead atoms. The number of nitrogens with zero attached hydrogens (tertiary/aromatic N) is 4. The van der Waals surface area contributed by atoms with Crippen LogP contribution in [0.1, 0.15) is 19.6 Å². The maximum atomic E-state index is 14.2. The van der Waals surface area contributed by atoms with Gasteiger partial charge in [0.2, 0.25) is 11.8 Å². The third kappa shape index (κ3) is 3.97. The largest absolute Gasteiger partial charge is 0.479 e. The second-order valence-corrected chi connectivity index (χ2v) is 6.25. The fourth-order valence-corrected chi connectivity index (χ4v) is 3.08. The van der Waals surface area contributed by atoms with Crippen molar-refractivity contribution in [3.05, 3.63) is 10.5 Å². The molecule has 0 spiro atoms. The average molecular weight is 423 g/mol. The Bertz CT molecular complexity index is 988. The van der Waals surface area contributed by atoms with E-state index >= 15 is 0 Å². The van der Waals surface area contributed by atoms with Crippen molar-refractivity contribution >= 4 is 23.1 Å². The van der Waals surface area contributed by atoms with Crippen LogP contribution in [0.5, 0.6) is 5.88 Å². The van der Waals surface area contributed by atoms with E-state index in [2.05, 4.69) is 9.97 Å². The van der Waals surface area contributed by atoms with Gasteiger partial charge in [-0.2, -0.15) is 23.1 Å². The summed E-state index contributed by atoms with van der Waals surface area (Å²) in [7, 11) is 1.18. The number of ether oxygens (including phenoxy) is 3. The predicted octanol–water partition coefficient (Wildman–Crippen LogP) is 0.935. The average Bonchev–Trinajstić information content (AvgIpc) is 3.08. The van der Waals surface area contributed by atoms with Gasteiger partial charge in [0.15, 0.2) is 29.7 Å². The summed E-state index contributed by atoms with van der Waals surface area (Å²) in [6, 6.07) is 0. The van der Waals surface area contributed by atoms with Gasteiger partial charge in [0.05, 0.1) is 20.1 Å². The first-order chi connectivity index (χ1) is 13.5. The lowest BCUT2D eigenvalue weighted by molar-refractivity contribution is -0.154. The first-order valence-electron chi connectivity index (χ1n) is 8.35. The lowest BCUT2D eigenvalue weighted by atomic mass is 10.2. The molecule has 2 N–H and O–H groups in total. The molecule has 3 unspecified atom stereocenters. The van der Waals surface area contributed by atoms with Gasteiger partial charge in [-0.05, 0) is 0 Å². The van der Waals surface area contributed by atoms with Crippen LogP contribution >= 0.6 is 0 Å². The van der Waals surface area contributed by atoms with Crippen LogP contribution in [-0.2, 0) is 20.8 Å². The Morgan fingerprint density at radius 2 is 2.07 bits per heavy atom. The van der Waals surface area contributed by atoms with Crippen LogP contribution in [0.4, 0.5) is 23.5 Å². The number of fused-ring (bicyclic) bond motifs is 1. The minimum atomic E-state index is -4.55. The normalized spacial score (nSPS) is 22.2. The van der Waals surface area contributed by atoms with Gasteiger partial charge >= 0.3 is 17.8 Å². The lowest BCUT2D eigenvalue weighted by Crippen LogP contribution is -2.36. The minimum absolute atomic E-state index is 0.177. The van der Waals surface area contributed by atoms with Crippen molar-refractivity contribution in [2.24, 2.45) is 0 Å². The lowest BCUT2D eigenvalue weighted by Gasteiger charge is -2.20. The van der Waals surface area contributed by atoms with E-state index in [1.165, 1.54) is 7.11 Å². The summed E-state index contributed by atoms with van der Waals surface area (Å²) in [5.74, 6) is -1.41. The van der Waals surface area contributed by atoms with Gasteiger partial charge in [-0.3, -0.25) is 9.36 Å². The number of aromatic nitrogens is 4. The molecule has 10 nitrogen and oxygen atoms in total. The molecule has 1 aliphatic heterocycles. The number of anilines is 1. The second-order valence-electron chi connectivity index (χ2n) is 6.25. The van der Waals surface area contributed by atoms with Gasteiger partial charge in [-0.25, -0.2) is 13.8 Å². The van der Waals surface area contributed by atoms with Gasteiger partial charge in [-0.1, -0.05) is 0 Å². The number of nitrogen functional groups attached to an aromatic ring is 1. The molecule has 3 heterocycles. The number of rotatable bonds is 5. The van der Waals surface area contributed by atoms with Gasteiger partial charge in [0.25, 0.3) is 0 Å². The predicted molar refractivity (Wildman–Crippen MR) is 88.9 cm³/mol. The second kappa shape index (κ2) is 7.50. The third-order valence-electron chi connectivity index (χ3n) is 4.22. The Balaban J connectivity index is 2.21. The molecule has 1 saturated heterocycles. The van der Waals surface area contributed by atoms with Crippen LogP contribution in [0.15, 0.2) is 4.79 Å². The number of aryl methyl sites for hydroxylation is 1.